The van der Waals surface area contributed by atoms with Gasteiger partial charge in [0.15, 0.2) is 0 Å². The van der Waals surface area contributed by atoms with Gasteiger partial charge in [-0.15, -0.1) is 0 Å². The van der Waals surface area contributed by atoms with E-state index < -0.39 is 5.60 Å². The maximum absolute atomic E-state index is 12.1. The molecule has 0 aliphatic carbocycles. The highest BCUT2D eigenvalue weighted by Crippen LogP contribution is 2.20. The van der Waals surface area contributed by atoms with Gasteiger partial charge in [0.05, 0.1) is 6.54 Å². The first-order chi connectivity index (χ1) is 10.2. The van der Waals surface area contributed by atoms with Crippen LogP contribution >= 0.6 is 11.6 Å². The van der Waals surface area contributed by atoms with E-state index in [1.54, 1.807) is 11.1 Å². The lowest BCUT2D eigenvalue weighted by Gasteiger charge is -2.33. The van der Waals surface area contributed by atoms with Crippen molar-refractivity contribution in [2.24, 2.45) is 0 Å². The first-order valence-corrected chi connectivity index (χ1v) is 7.76. The molecule has 0 aromatic carbocycles. The first kappa shape index (κ1) is 16.8. The van der Waals surface area contributed by atoms with Crippen LogP contribution in [-0.2, 0) is 4.74 Å². The van der Waals surface area contributed by atoms with Crippen LogP contribution in [0.15, 0.2) is 6.20 Å². The predicted molar refractivity (Wildman–Crippen MR) is 83.2 cm³/mol. The standard InChI is InChI=1S/C15H22ClN3O3/c1-10-8-17-13(18-12(10)16)21-11-6-5-7-19(9-11)14(20)22-15(2,3)4/h8,11H,5-7,9H2,1-4H3/t11-/m1/s1. The van der Waals surface area contributed by atoms with Gasteiger partial charge in [0.2, 0.25) is 0 Å². The lowest BCUT2D eigenvalue weighted by molar-refractivity contribution is 0.00660. The zero-order valence-corrected chi connectivity index (χ0v) is 14.2. The SMILES string of the molecule is Cc1cnc(O[C@@H]2CCCN(C(=O)OC(C)(C)C)C2)nc1Cl. The summed E-state index contributed by atoms with van der Waals surface area (Å²) < 4.78 is 11.1. The first-order valence-electron chi connectivity index (χ1n) is 7.38. The highest BCUT2D eigenvalue weighted by molar-refractivity contribution is 6.30. The third-order valence-electron chi connectivity index (χ3n) is 3.19. The lowest BCUT2D eigenvalue weighted by Crippen LogP contribution is -2.46. The number of aromatic nitrogens is 2. The van der Waals surface area contributed by atoms with Crippen LogP contribution < -0.4 is 4.74 Å². The maximum atomic E-state index is 12.1. The van der Waals surface area contributed by atoms with E-state index in [1.807, 2.05) is 27.7 Å². The van der Waals surface area contributed by atoms with Crippen LogP contribution in [0, 0.1) is 6.92 Å². The number of likely N-dealkylation sites (tertiary alicyclic amines) is 1. The molecule has 22 heavy (non-hydrogen) atoms. The minimum atomic E-state index is -0.502. The number of rotatable bonds is 2. The van der Waals surface area contributed by atoms with Gasteiger partial charge in [0.25, 0.3) is 0 Å². The average Bonchev–Trinajstić information content (AvgIpc) is 2.41. The van der Waals surface area contributed by atoms with Gasteiger partial charge in [0, 0.05) is 18.3 Å². The summed E-state index contributed by atoms with van der Waals surface area (Å²) in [6, 6.07) is 0.242. The Balaban J connectivity index is 1.95. The second-order valence-corrected chi connectivity index (χ2v) is 6.79. The molecule has 1 atom stereocenters. The minimum Gasteiger partial charge on any atom is -0.458 e. The van der Waals surface area contributed by atoms with Crippen molar-refractivity contribution in [2.45, 2.75) is 52.2 Å². The Morgan fingerprint density at radius 1 is 1.45 bits per heavy atom. The number of hydrogen-bond acceptors (Lipinski definition) is 5. The van der Waals surface area contributed by atoms with Crippen LogP contribution in [0.4, 0.5) is 4.79 Å². The number of ether oxygens (including phenoxy) is 2. The van der Waals surface area contributed by atoms with Crippen molar-refractivity contribution >= 4 is 17.7 Å². The molecule has 0 spiro atoms. The summed E-state index contributed by atoms with van der Waals surface area (Å²) in [5, 5.41) is 0.379. The molecule has 7 heteroatoms. The summed E-state index contributed by atoms with van der Waals surface area (Å²) in [6.07, 6.45) is 2.85. The van der Waals surface area contributed by atoms with Crippen LogP contribution in [0.2, 0.25) is 5.15 Å². The van der Waals surface area contributed by atoms with Crippen molar-refractivity contribution in [1.29, 1.82) is 0 Å². The molecule has 122 valence electrons. The Morgan fingerprint density at radius 3 is 2.82 bits per heavy atom. The van der Waals surface area contributed by atoms with E-state index in [0.717, 1.165) is 18.4 Å². The van der Waals surface area contributed by atoms with Crippen LogP contribution in [0.1, 0.15) is 39.2 Å². The zero-order valence-electron chi connectivity index (χ0n) is 13.4. The van der Waals surface area contributed by atoms with E-state index in [1.165, 1.54) is 0 Å². The van der Waals surface area contributed by atoms with Crippen molar-refractivity contribution in [2.75, 3.05) is 13.1 Å². The van der Waals surface area contributed by atoms with Gasteiger partial charge in [-0.1, -0.05) is 11.6 Å². The molecule has 1 amide bonds. The molecule has 0 radical (unpaired) electrons. The number of nitrogens with zero attached hydrogens (tertiary/aromatic N) is 3. The zero-order chi connectivity index (χ0) is 16.3. The molecule has 0 unspecified atom stereocenters. The summed E-state index contributed by atoms with van der Waals surface area (Å²) in [6.45, 7) is 8.52. The van der Waals surface area contributed by atoms with Gasteiger partial charge in [-0.3, -0.25) is 0 Å². The van der Waals surface area contributed by atoms with Gasteiger partial charge in [-0.2, -0.15) is 4.98 Å². The third kappa shape index (κ3) is 4.73. The molecule has 1 aromatic heterocycles. The summed E-state index contributed by atoms with van der Waals surface area (Å²) in [4.78, 5) is 22.0. The molecule has 1 aliphatic rings. The van der Waals surface area contributed by atoms with E-state index in [4.69, 9.17) is 21.1 Å². The van der Waals surface area contributed by atoms with Crippen molar-refractivity contribution < 1.29 is 14.3 Å². The van der Waals surface area contributed by atoms with E-state index in [2.05, 4.69) is 9.97 Å². The molecule has 0 bridgehead atoms. The van der Waals surface area contributed by atoms with Gasteiger partial charge < -0.3 is 14.4 Å². The fourth-order valence-electron chi connectivity index (χ4n) is 2.14. The maximum Gasteiger partial charge on any atom is 0.410 e. The van der Waals surface area contributed by atoms with Crippen LogP contribution in [0.3, 0.4) is 0 Å². The number of amides is 1. The van der Waals surface area contributed by atoms with Crippen molar-refractivity contribution in [1.82, 2.24) is 14.9 Å². The molecule has 0 saturated carbocycles. The van der Waals surface area contributed by atoms with Gasteiger partial charge in [-0.05, 0) is 40.5 Å². The molecular formula is C15H22ClN3O3. The number of piperidine rings is 1. The summed E-state index contributed by atoms with van der Waals surface area (Å²) in [5.74, 6) is 0. The van der Waals surface area contributed by atoms with Crippen molar-refractivity contribution in [3.8, 4) is 6.01 Å². The topological polar surface area (TPSA) is 64.5 Å². The molecule has 1 saturated heterocycles. The van der Waals surface area contributed by atoms with Crippen LogP contribution in [-0.4, -0.2) is 45.8 Å². The largest absolute Gasteiger partial charge is 0.458 e. The average molecular weight is 328 g/mol. The Bertz CT molecular complexity index is 545. The number of aryl methyl sites for hydroxylation is 1. The lowest BCUT2D eigenvalue weighted by atomic mass is 10.1. The monoisotopic (exact) mass is 327 g/mol. The molecule has 0 N–H and O–H groups in total. The fraction of sp³-hybridized carbons (Fsp3) is 0.667. The van der Waals surface area contributed by atoms with E-state index >= 15 is 0 Å². The van der Waals surface area contributed by atoms with Gasteiger partial charge in [-0.25, -0.2) is 9.78 Å². The van der Waals surface area contributed by atoms with Gasteiger partial charge >= 0.3 is 12.1 Å². The summed E-state index contributed by atoms with van der Waals surface area (Å²) >= 11 is 5.97. The second-order valence-electron chi connectivity index (χ2n) is 6.43. The Kier molecular flexibility index (Phi) is 5.11. The molecule has 1 aromatic rings. The smallest absolute Gasteiger partial charge is 0.410 e. The third-order valence-corrected chi connectivity index (χ3v) is 3.57. The van der Waals surface area contributed by atoms with Gasteiger partial charge in [0.1, 0.15) is 16.9 Å². The second kappa shape index (κ2) is 6.69. The van der Waals surface area contributed by atoms with E-state index in [9.17, 15) is 4.79 Å². The molecule has 1 aliphatic heterocycles. The highest BCUT2D eigenvalue weighted by Gasteiger charge is 2.29. The molecule has 1 fully saturated rings. The summed E-state index contributed by atoms with van der Waals surface area (Å²) in [5.41, 5.74) is 0.298. The number of carbonyl (C=O) groups is 1. The minimum absolute atomic E-state index is 0.153. The number of hydrogen-bond donors (Lipinski definition) is 0. The molecule has 2 heterocycles. The normalized spacial score (nSPS) is 19.0. The highest BCUT2D eigenvalue weighted by atomic mass is 35.5. The Hall–Kier alpha value is -1.56. The Labute approximate surface area is 135 Å². The molecular weight excluding hydrogens is 306 g/mol. The Morgan fingerprint density at radius 2 is 2.18 bits per heavy atom. The van der Waals surface area contributed by atoms with E-state index in [-0.39, 0.29) is 18.2 Å². The quantitative estimate of drug-likeness (QED) is 0.780. The van der Waals surface area contributed by atoms with Crippen LogP contribution in [0.5, 0.6) is 6.01 Å². The predicted octanol–water partition coefficient (Wildman–Crippen LogP) is 3.22. The summed E-state index contributed by atoms with van der Waals surface area (Å²) in [7, 11) is 0. The van der Waals surface area contributed by atoms with Crippen molar-refractivity contribution in [3.63, 3.8) is 0 Å². The molecule has 2 rings (SSSR count). The number of halogens is 1. The fourth-order valence-corrected chi connectivity index (χ4v) is 2.26. The molecule has 6 nitrogen and oxygen atoms in total. The van der Waals surface area contributed by atoms with Crippen LogP contribution in [0.25, 0.3) is 0 Å². The number of carbonyl (C=O) groups excluding carboxylic acids is 1. The van der Waals surface area contributed by atoms with E-state index in [0.29, 0.717) is 18.2 Å². The van der Waals surface area contributed by atoms with Crippen molar-refractivity contribution in [3.05, 3.63) is 16.9 Å².